The van der Waals surface area contributed by atoms with Gasteiger partial charge in [-0.25, -0.2) is 8.42 Å². The van der Waals surface area contributed by atoms with Crippen LogP contribution in [0.15, 0.2) is 36.7 Å². The molecule has 9 heteroatoms. The second-order valence-electron chi connectivity index (χ2n) is 7.15. The second kappa shape index (κ2) is 9.30. The molecule has 0 atom stereocenters. The molecule has 29 heavy (non-hydrogen) atoms. The Morgan fingerprint density at radius 2 is 2.07 bits per heavy atom. The lowest BCUT2D eigenvalue weighted by molar-refractivity contribution is 0.0693. The van der Waals surface area contributed by atoms with Crippen LogP contribution >= 0.6 is 0 Å². The average molecular weight is 420 g/mol. The Kier molecular flexibility index (Phi) is 6.79. The first kappa shape index (κ1) is 21.2. The van der Waals surface area contributed by atoms with E-state index in [-0.39, 0.29) is 11.7 Å². The fraction of sp³-hybridized carbons (Fsp3) is 0.500. The van der Waals surface area contributed by atoms with Crippen molar-refractivity contribution in [1.29, 1.82) is 0 Å². The molecule has 1 fully saturated rings. The number of nitrogens with one attached hydrogen (secondary N) is 1. The number of aromatic nitrogens is 2. The fourth-order valence-corrected chi connectivity index (χ4v) is 5.13. The number of carbonyl (C=O) groups is 1. The van der Waals surface area contributed by atoms with Gasteiger partial charge in [-0.05, 0) is 50.5 Å². The van der Waals surface area contributed by atoms with E-state index >= 15 is 0 Å². The summed E-state index contributed by atoms with van der Waals surface area (Å²) >= 11 is 0. The van der Waals surface area contributed by atoms with Gasteiger partial charge in [0.1, 0.15) is 6.67 Å². The minimum absolute atomic E-state index is 0.141. The Morgan fingerprint density at radius 3 is 2.72 bits per heavy atom. The summed E-state index contributed by atoms with van der Waals surface area (Å²) in [7, 11) is -3.36. The highest BCUT2D eigenvalue weighted by Gasteiger charge is 2.27. The van der Waals surface area contributed by atoms with Crippen molar-refractivity contribution in [1.82, 2.24) is 14.7 Å². The number of hydrogen-bond donors (Lipinski definition) is 1. The Labute approximate surface area is 172 Å². The van der Waals surface area contributed by atoms with E-state index in [2.05, 4.69) is 10.4 Å². The Bertz CT molecular complexity index is 928. The van der Waals surface area contributed by atoms with Crippen molar-refractivity contribution < 1.29 is 13.2 Å². The van der Waals surface area contributed by atoms with Crippen LogP contribution < -0.4 is 9.62 Å². The van der Waals surface area contributed by atoms with Gasteiger partial charge in [-0.3, -0.25) is 13.8 Å². The van der Waals surface area contributed by atoms with Crippen molar-refractivity contribution >= 4 is 27.3 Å². The van der Waals surface area contributed by atoms with E-state index in [1.54, 1.807) is 34.0 Å². The molecular formula is C20H29N5O3S. The van der Waals surface area contributed by atoms with Crippen molar-refractivity contribution in [2.24, 2.45) is 0 Å². The molecule has 8 nitrogen and oxygen atoms in total. The third-order valence-electron chi connectivity index (χ3n) is 4.84. The maximum absolute atomic E-state index is 13.3. The second-order valence-corrected chi connectivity index (χ2v) is 9.16. The summed E-state index contributed by atoms with van der Waals surface area (Å²) in [5.74, 6) is 0.000875. The van der Waals surface area contributed by atoms with E-state index in [1.807, 2.05) is 26.1 Å². The summed E-state index contributed by atoms with van der Waals surface area (Å²) in [5, 5.41) is 7.41. The van der Waals surface area contributed by atoms with Gasteiger partial charge in [-0.15, -0.1) is 0 Å². The van der Waals surface area contributed by atoms with Gasteiger partial charge in [-0.1, -0.05) is 6.92 Å². The number of benzene rings is 1. The van der Waals surface area contributed by atoms with Crippen molar-refractivity contribution in [3.8, 4) is 0 Å². The molecule has 1 saturated heterocycles. The molecule has 0 unspecified atom stereocenters. The van der Waals surface area contributed by atoms with E-state index in [0.29, 0.717) is 44.0 Å². The largest absolute Gasteiger partial charge is 0.385 e. The smallest absolute Gasteiger partial charge is 0.255 e. The van der Waals surface area contributed by atoms with Crippen molar-refractivity contribution in [2.75, 3.05) is 35.0 Å². The summed E-state index contributed by atoms with van der Waals surface area (Å²) in [6, 6.07) is 7.11. The first-order chi connectivity index (χ1) is 13.9. The van der Waals surface area contributed by atoms with E-state index in [4.69, 9.17) is 0 Å². The quantitative estimate of drug-likeness (QED) is 0.711. The molecule has 158 valence electrons. The van der Waals surface area contributed by atoms with E-state index < -0.39 is 10.0 Å². The number of sulfonamides is 1. The number of anilines is 2. The van der Waals surface area contributed by atoms with Crippen LogP contribution in [0.1, 0.15) is 43.5 Å². The lowest BCUT2D eigenvalue weighted by atomic mass is 10.1. The number of amides is 1. The number of carbonyl (C=O) groups excluding carboxylic acids is 1. The van der Waals surface area contributed by atoms with Crippen LogP contribution in [0.3, 0.4) is 0 Å². The molecule has 1 aliphatic heterocycles. The van der Waals surface area contributed by atoms with Crippen LogP contribution in [-0.2, 0) is 16.7 Å². The molecule has 0 spiro atoms. The van der Waals surface area contributed by atoms with Crippen LogP contribution in [0.25, 0.3) is 0 Å². The monoisotopic (exact) mass is 419 g/mol. The van der Waals surface area contributed by atoms with Crippen LogP contribution in [0.2, 0.25) is 0 Å². The molecule has 1 amide bonds. The highest BCUT2D eigenvalue weighted by Crippen LogP contribution is 2.28. The van der Waals surface area contributed by atoms with E-state index in [1.165, 1.54) is 4.31 Å². The fourth-order valence-electron chi connectivity index (χ4n) is 3.51. The Hall–Kier alpha value is -2.55. The first-order valence-electron chi connectivity index (χ1n) is 10.1. The summed E-state index contributed by atoms with van der Waals surface area (Å²) in [5.41, 5.74) is 1.76. The zero-order valence-corrected chi connectivity index (χ0v) is 17.9. The number of nitrogens with zero attached hydrogens (tertiary/aromatic N) is 4. The topological polar surface area (TPSA) is 87.5 Å². The van der Waals surface area contributed by atoms with Crippen molar-refractivity contribution in [3.63, 3.8) is 0 Å². The third kappa shape index (κ3) is 5.09. The van der Waals surface area contributed by atoms with E-state index in [0.717, 1.165) is 18.5 Å². The Balaban J connectivity index is 1.95. The Morgan fingerprint density at radius 1 is 1.24 bits per heavy atom. The molecule has 0 saturated carbocycles. The summed E-state index contributed by atoms with van der Waals surface area (Å²) in [6.45, 7) is 6.04. The molecule has 0 aliphatic carbocycles. The molecule has 1 aliphatic rings. The lowest BCUT2D eigenvalue weighted by Crippen LogP contribution is -2.38. The normalized spacial score (nSPS) is 15.9. The minimum atomic E-state index is -3.36. The predicted octanol–water partition coefficient (Wildman–Crippen LogP) is 2.75. The van der Waals surface area contributed by atoms with Gasteiger partial charge in [0.05, 0.1) is 11.4 Å². The van der Waals surface area contributed by atoms with Crippen LogP contribution in [0.4, 0.5) is 11.4 Å². The summed E-state index contributed by atoms with van der Waals surface area (Å²) in [4.78, 5) is 15.0. The first-order valence-corrected chi connectivity index (χ1v) is 11.7. The molecule has 1 aromatic heterocycles. The van der Waals surface area contributed by atoms with E-state index in [9.17, 15) is 13.2 Å². The molecule has 1 N–H and O–H groups in total. The van der Waals surface area contributed by atoms with Gasteiger partial charge in [0.15, 0.2) is 0 Å². The SMILES string of the molecule is CCCN(Cn1cccn1)C(=O)c1cc(NCC)cc(N2CCCCS2(=O)=O)c1. The molecule has 0 radical (unpaired) electrons. The number of rotatable bonds is 8. The van der Waals surface area contributed by atoms with Gasteiger partial charge in [-0.2, -0.15) is 5.10 Å². The third-order valence-corrected chi connectivity index (χ3v) is 6.71. The predicted molar refractivity (Wildman–Crippen MR) is 115 cm³/mol. The molecule has 1 aromatic carbocycles. The van der Waals surface area contributed by atoms with Crippen LogP contribution in [-0.4, -0.2) is 54.4 Å². The molecule has 2 aromatic rings. The minimum Gasteiger partial charge on any atom is -0.385 e. The van der Waals surface area contributed by atoms with Crippen molar-refractivity contribution in [2.45, 2.75) is 39.8 Å². The maximum atomic E-state index is 13.3. The molecule has 2 heterocycles. The summed E-state index contributed by atoms with van der Waals surface area (Å²) < 4.78 is 28.3. The average Bonchev–Trinajstić information content (AvgIpc) is 3.20. The zero-order chi connectivity index (χ0) is 20.9. The standard InChI is InChI=1S/C20H29N5O3S/c1-3-9-23(16-24-10-7-8-22-24)20(26)17-13-18(21-4-2)15-19(14-17)25-11-5-6-12-29(25,27)28/h7-8,10,13-15,21H,3-6,9,11-12,16H2,1-2H3. The summed E-state index contributed by atoms with van der Waals surface area (Å²) in [6.07, 6.45) is 5.80. The molecular weight excluding hydrogens is 390 g/mol. The zero-order valence-electron chi connectivity index (χ0n) is 17.0. The maximum Gasteiger partial charge on any atom is 0.255 e. The van der Waals surface area contributed by atoms with Crippen LogP contribution in [0, 0.1) is 0 Å². The van der Waals surface area contributed by atoms with Gasteiger partial charge in [0.25, 0.3) is 5.91 Å². The van der Waals surface area contributed by atoms with Gasteiger partial charge in [0.2, 0.25) is 10.0 Å². The molecule has 3 rings (SSSR count). The highest BCUT2D eigenvalue weighted by molar-refractivity contribution is 7.92. The van der Waals surface area contributed by atoms with Gasteiger partial charge in [0, 0.05) is 43.3 Å². The molecule has 0 bridgehead atoms. The van der Waals surface area contributed by atoms with Crippen molar-refractivity contribution in [3.05, 3.63) is 42.2 Å². The lowest BCUT2D eigenvalue weighted by Gasteiger charge is -2.29. The van der Waals surface area contributed by atoms with Gasteiger partial charge < -0.3 is 10.2 Å². The number of hydrogen-bond acceptors (Lipinski definition) is 5. The highest BCUT2D eigenvalue weighted by atomic mass is 32.2. The van der Waals surface area contributed by atoms with Gasteiger partial charge >= 0.3 is 0 Å². The van der Waals surface area contributed by atoms with Crippen LogP contribution in [0.5, 0.6) is 0 Å².